The largest absolute Gasteiger partial charge is 0.378 e. The molecule has 3 heteroatoms. The molecule has 2 rings (SSSR count). The Balaban J connectivity index is 1.60. The molecule has 70 valence electrons. The molecule has 2 unspecified atom stereocenters. The molecule has 0 aromatic rings. The lowest BCUT2D eigenvalue weighted by atomic mass is 10.2. The predicted octanol–water partition coefficient (Wildman–Crippen LogP) is 0.542. The van der Waals surface area contributed by atoms with Crippen molar-refractivity contribution in [3.63, 3.8) is 0 Å². The molecule has 2 fully saturated rings. The zero-order valence-electron chi connectivity index (χ0n) is 7.58. The van der Waals surface area contributed by atoms with E-state index in [1.165, 1.54) is 12.8 Å². The van der Waals surface area contributed by atoms with Crippen LogP contribution in [0.5, 0.6) is 0 Å². The third-order valence-electron chi connectivity index (χ3n) is 2.59. The van der Waals surface area contributed by atoms with Crippen LogP contribution >= 0.6 is 0 Å². The van der Waals surface area contributed by atoms with Gasteiger partial charge in [-0.2, -0.15) is 0 Å². The fourth-order valence-corrected chi connectivity index (χ4v) is 1.69. The van der Waals surface area contributed by atoms with Gasteiger partial charge in [-0.3, -0.25) is 0 Å². The molecule has 0 amide bonds. The Bertz CT molecular complexity index is 147. The van der Waals surface area contributed by atoms with Crippen LogP contribution < -0.4 is 5.32 Å². The van der Waals surface area contributed by atoms with Crippen molar-refractivity contribution >= 4 is 0 Å². The SMILES string of the molecule is CC1CCC(CNC2COC2)O1. The van der Waals surface area contributed by atoms with Gasteiger partial charge in [0, 0.05) is 6.54 Å². The standard InChI is InChI=1S/C9H17NO2/c1-7-2-3-9(12-7)4-10-8-5-11-6-8/h7-10H,2-6H2,1H3. The van der Waals surface area contributed by atoms with Crippen molar-refractivity contribution in [1.29, 1.82) is 0 Å². The molecule has 2 aliphatic heterocycles. The van der Waals surface area contributed by atoms with E-state index in [4.69, 9.17) is 9.47 Å². The minimum Gasteiger partial charge on any atom is -0.378 e. The van der Waals surface area contributed by atoms with Crippen LogP contribution in [0, 0.1) is 0 Å². The van der Waals surface area contributed by atoms with E-state index in [0.29, 0.717) is 18.2 Å². The molecule has 0 bridgehead atoms. The first-order chi connectivity index (χ1) is 5.84. The van der Waals surface area contributed by atoms with Crippen LogP contribution in [0.15, 0.2) is 0 Å². The van der Waals surface area contributed by atoms with Gasteiger partial charge in [-0.05, 0) is 19.8 Å². The highest BCUT2D eigenvalue weighted by atomic mass is 16.5. The highest BCUT2D eigenvalue weighted by molar-refractivity contribution is 4.78. The lowest BCUT2D eigenvalue weighted by Crippen LogP contribution is -2.48. The molecule has 2 heterocycles. The molecule has 1 N–H and O–H groups in total. The molecule has 0 aliphatic carbocycles. The molecule has 2 atom stereocenters. The van der Waals surface area contributed by atoms with Crippen molar-refractivity contribution in [2.24, 2.45) is 0 Å². The Morgan fingerprint density at radius 1 is 1.33 bits per heavy atom. The first-order valence-corrected chi connectivity index (χ1v) is 4.81. The molecular formula is C9H17NO2. The van der Waals surface area contributed by atoms with Gasteiger partial charge in [-0.25, -0.2) is 0 Å². The van der Waals surface area contributed by atoms with Crippen LogP contribution in [0.3, 0.4) is 0 Å². The maximum atomic E-state index is 5.68. The van der Waals surface area contributed by atoms with E-state index in [2.05, 4.69) is 12.2 Å². The summed E-state index contributed by atoms with van der Waals surface area (Å²) in [5.41, 5.74) is 0. The summed E-state index contributed by atoms with van der Waals surface area (Å²) >= 11 is 0. The lowest BCUT2D eigenvalue weighted by Gasteiger charge is -2.28. The minimum atomic E-state index is 0.445. The number of ether oxygens (including phenoxy) is 2. The highest BCUT2D eigenvalue weighted by Crippen LogP contribution is 2.18. The molecule has 2 aliphatic rings. The highest BCUT2D eigenvalue weighted by Gasteiger charge is 2.24. The van der Waals surface area contributed by atoms with E-state index in [0.717, 1.165) is 19.8 Å². The fourth-order valence-electron chi connectivity index (χ4n) is 1.69. The molecule has 2 saturated heterocycles. The first-order valence-electron chi connectivity index (χ1n) is 4.81. The van der Waals surface area contributed by atoms with Gasteiger partial charge >= 0.3 is 0 Å². The summed E-state index contributed by atoms with van der Waals surface area (Å²) < 4.78 is 10.7. The average molecular weight is 171 g/mol. The summed E-state index contributed by atoms with van der Waals surface area (Å²) in [7, 11) is 0. The van der Waals surface area contributed by atoms with Crippen molar-refractivity contribution in [2.75, 3.05) is 19.8 Å². The van der Waals surface area contributed by atoms with E-state index in [9.17, 15) is 0 Å². The molecule has 3 nitrogen and oxygen atoms in total. The molecule has 0 aromatic heterocycles. The minimum absolute atomic E-state index is 0.445. The lowest BCUT2D eigenvalue weighted by molar-refractivity contribution is -0.0147. The number of nitrogens with one attached hydrogen (secondary N) is 1. The average Bonchev–Trinajstić information content (AvgIpc) is 2.32. The zero-order valence-corrected chi connectivity index (χ0v) is 7.58. The van der Waals surface area contributed by atoms with Gasteiger partial charge < -0.3 is 14.8 Å². The molecule has 0 radical (unpaired) electrons. The van der Waals surface area contributed by atoms with Gasteiger partial charge in [-0.1, -0.05) is 0 Å². The zero-order chi connectivity index (χ0) is 8.39. The number of rotatable bonds is 3. The Kier molecular flexibility index (Phi) is 2.63. The van der Waals surface area contributed by atoms with Crippen LogP contribution in [-0.4, -0.2) is 38.0 Å². The van der Waals surface area contributed by atoms with Crippen LogP contribution in [0.2, 0.25) is 0 Å². The molecular weight excluding hydrogens is 154 g/mol. The van der Waals surface area contributed by atoms with Gasteiger partial charge in [0.25, 0.3) is 0 Å². The van der Waals surface area contributed by atoms with E-state index >= 15 is 0 Å². The Morgan fingerprint density at radius 2 is 2.17 bits per heavy atom. The van der Waals surface area contributed by atoms with Crippen molar-refractivity contribution < 1.29 is 9.47 Å². The summed E-state index contributed by atoms with van der Waals surface area (Å²) in [6, 6.07) is 0.588. The van der Waals surface area contributed by atoms with Gasteiger partial charge in [0.15, 0.2) is 0 Å². The summed E-state index contributed by atoms with van der Waals surface area (Å²) in [6.45, 7) is 4.90. The van der Waals surface area contributed by atoms with Gasteiger partial charge in [0.2, 0.25) is 0 Å². The Labute approximate surface area is 73.4 Å². The summed E-state index contributed by atoms with van der Waals surface area (Å²) in [6.07, 6.45) is 3.34. The van der Waals surface area contributed by atoms with Gasteiger partial charge in [0.1, 0.15) is 0 Å². The normalized spacial score (nSPS) is 36.8. The van der Waals surface area contributed by atoms with E-state index in [1.54, 1.807) is 0 Å². The summed E-state index contributed by atoms with van der Waals surface area (Å²) in [5.74, 6) is 0. The second kappa shape index (κ2) is 3.73. The van der Waals surface area contributed by atoms with Crippen molar-refractivity contribution in [3.05, 3.63) is 0 Å². The summed E-state index contributed by atoms with van der Waals surface area (Å²) in [5, 5.41) is 3.43. The smallest absolute Gasteiger partial charge is 0.0704 e. The summed E-state index contributed by atoms with van der Waals surface area (Å²) in [4.78, 5) is 0. The molecule has 0 saturated carbocycles. The van der Waals surface area contributed by atoms with E-state index in [1.807, 2.05) is 0 Å². The molecule has 12 heavy (non-hydrogen) atoms. The number of hydrogen-bond donors (Lipinski definition) is 1. The van der Waals surface area contributed by atoms with E-state index < -0.39 is 0 Å². The van der Waals surface area contributed by atoms with Crippen molar-refractivity contribution in [2.45, 2.75) is 38.0 Å². The third kappa shape index (κ3) is 1.97. The monoisotopic (exact) mass is 171 g/mol. The Morgan fingerprint density at radius 3 is 2.67 bits per heavy atom. The van der Waals surface area contributed by atoms with Crippen molar-refractivity contribution in [3.8, 4) is 0 Å². The molecule has 0 aromatic carbocycles. The second-order valence-electron chi connectivity index (χ2n) is 3.79. The van der Waals surface area contributed by atoms with Crippen molar-refractivity contribution in [1.82, 2.24) is 5.32 Å². The van der Waals surface area contributed by atoms with E-state index in [-0.39, 0.29) is 0 Å². The maximum Gasteiger partial charge on any atom is 0.0704 e. The van der Waals surface area contributed by atoms with Crippen LogP contribution in [0.25, 0.3) is 0 Å². The molecule has 0 spiro atoms. The quantitative estimate of drug-likeness (QED) is 0.672. The van der Waals surface area contributed by atoms with Crippen LogP contribution in [0.1, 0.15) is 19.8 Å². The van der Waals surface area contributed by atoms with Gasteiger partial charge in [0.05, 0.1) is 31.5 Å². The van der Waals surface area contributed by atoms with Crippen LogP contribution in [0.4, 0.5) is 0 Å². The van der Waals surface area contributed by atoms with Crippen LogP contribution in [-0.2, 0) is 9.47 Å². The second-order valence-corrected chi connectivity index (χ2v) is 3.79. The predicted molar refractivity (Wildman–Crippen MR) is 46.2 cm³/mol. The topological polar surface area (TPSA) is 30.5 Å². The van der Waals surface area contributed by atoms with Gasteiger partial charge in [-0.15, -0.1) is 0 Å². The third-order valence-corrected chi connectivity index (χ3v) is 2.59. The Hall–Kier alpha value is -0.120. The maximum absolute atomic E-state index is 5.68. The number of hydrogen-bond acceptors (Lipinski definition) is 3. The fraction of sp³-hybridized carbons (Fsp3) is 1.00. The first kappa shape index (κ1) is 8.48.